The number of nitrogens with one attached hydrogen (secondary N) is 1. The molecule has 0 atom stereocenters. The lowest BCUT2D eigenvalue weighted by Gasteiger charge is -2.05. The highest BCUT2D eigenvalue weighted by Crippen LogP contribution is 1.97. The van der Waals surface area contributed by atoms with E-state index in [0.29, 0.717) is 19.0 Å². The topological polar surface area (TPSA) is 46.9 Å². The van der Waals surface area contributed by atoms with Crippen molar-refractivity contribution in [1.82, 2.24) is 15.1 Å². The molecule has 0 radical (unpaired) electrons. The van der Waals surface area contributed by atoms with Crippen LogP contribution in [-0.2, 0) is 18.3 Å². The summed E-state index contributed by atoms with van der Waals surface area (Å²) in [6, 6.07) is 0.354. The molecule has 0 saturated heterocycles. The number of rotatable bonds is 5. The minimum atomic E-state index is 0.201. The first-order chi connectivity index (χ1) is 6.58. The summed E-state index contributed by atoms with van der Waals surface area (Å²) >= 11 is 0. The molecule has 1 heterocycles. The van der Waals surface area contributed by atoms with Gasteiger partial charge >= 0.3 is 0 Å². The van der Waals surface area contributed by atoms with E-state index in [-0.39, 0.29) is 5.78 Å². The van der Waals surface area contributed by atoms with E-state index in [1.54, 1.807) is 10.9 Å². The molecule has 0 aliphatic rings. The second-order valence-electron chi connectivity index (χ2n) is 3.77. The third kappa shape index (κ3) is 3.70. The fraction of sp³-hybridized carbons (Fsp3) is 0.600. The molecule has 14 heavy (non-hydrogen) atoms. The number of hydrogen-bond acceptors (Lipinski definition) is 3. The first-order valence-corrected chi connectivity index (χ1v) is 4.80. The van der Waals surface area contributed by atoms with E-state index >= 15 is 0 Å². The summed E-state index contributed by atoms with van der Waals surface area (Å²) in [7, 11) is 1.85. The Labute approximate surface area is 84.3 Å². The Morgan fingerprint density at radius 3 is 2.86 bits per heavy atom. The molecule has 0 aliphatic heterocycles. The number of hydrogen-bond donors (Lipinski definition) is 1. The summed E-state index contributed by atoms with van der Waals surface area (Å²) in [6.07, 6.45) is 4.06. The minimum Gasteiger partial charge on any atom is -0.308 e. The molecule has 0 aliphatic carbocycles. The molecule has 0 saturated carbocycles. The number of nitrogens with zero attached hydrogens (tertiary/aromatic N) is 2. The van der Waals surface area contributed by atoms with Gasteiger partial charge < -0.3 is 5.32 Å². The molecular formula is C10H17N3O. The average Bonchev–Trinajstić information content (AvgIpc) is 2.48. The van der Waals surface area contributed by atoms with E-state index in [9.17, 15) is 4.79 Å². The van der Waals surface area contributed by atoms with Gasteiger partial charge in [-0.25, -0.2) is 0 Å². The number of carbonyl (C=O) groups is 1. The van der Waals surface area contributed by atoms with Gasteiger partial charge in [0, 0.05) is 25.7 Å². The molecule has 1 N–H and O–H groups in total. The Kier molecular flexibility index (Phi) is 3.83. The Hall–Kier alpha value is -1.16. The van der Waals surface area contributed by atoms with E-state index < -0.39 is 0 Å². The van der Waals surface area contributed by atoms with Gasteiger partial charge in [-0.1, -0.05) is 13.8 Å². The summed E-state index contributed by atoms with van der Waals surface area (Å²) in [5, 5.41) is 7.10. The third-order valence-corrected chi connectivity index (χ3v) is 1.87. The molecular weight excluding hydrogens is 178 g/mol. The fourth-order valence-electron chi connectivity index (χ4n) is 1.17. The normalized spacial score (nSPS) is 10.9. The highest BCUT2D eigenvalue weighted by molar-refractivity contribution is 5.82. The van der Waals surface area contributed by atoms with Crippen molar-refractivity contribution in [2.45, 2.75) is 26.3 Å². The van der Waals surface area contributed by atoms with Crippen molar-refractivity contribution in [2.75, 3.05) is 6.54 Å². The molecule has 0 spiro atoms. The average molecular weight is 195 g/mol. The van der Waals surface area contributed by atoms with Crippen LogP contribution in [0.15, 0.2) is 12.4 Å². The van der Waals surface area contributed by atoms with Gasteiger partial charge in [-0.15, -0.1) is 0 Å². The van der Waals surface area contributed by atoms with Crippen molar-refractivity contribution in [2.24, 2.45) is 7.05 Å². The van der Waals surface area contributed by atoms with Gasteiger partial charge in [-0.2, -0.15) is 5.10 Å². The zero-order valence-electron chi connectivity index (χ0n) is 8.95. The van der Waals surface area contributed by atoms with Crippen LogP contribution in [0.2, 0.25) is 0 Å². The standard InChI is InChI=1S/C10H17N3O/c1-8(2)11-6-10(14)4-9-5-12-13(3)7-9/h5,7-8,11H,4,6H2,1-3H3. The minimum absolute atomic E-state index is 0.201. The van der Waals surface area contributed by atoms with Gasteiger partial charge in [0.1, 0.15) is 0 Å². The maximum Gasteiger partial charge on any atom is 0.151 e. The lowest BCUT2D eigenvalue weighted by atomic mass is 10.2. The summed E-state index contributed by atoms with van der Waals surface area (Å²) in [5.74, 6) is 0.201. The number of carbonyl (C=O) groups excluding carboxylic acids is 1. The van der Waals surface area contributed by atoms with Crippen LogP contribution in [0.4, 0.5) is 0 Å². The summed E-state index contributed by atoms with van der Waals surface area (Å²) in [6.45, 7) is 4.49. The number of aryl methyl sites for hydroxylation is 1. The highest BCUT2D eigenvalue weighted by atomic mass is 16.1. The predicted molar refractivity (Wildman–Crippen MR) is 55.1 cm³/mol. The van der Waals surface area contributed by atoms with Crippen LogP contribution in [0.25, 0.3) is 0 Å². The maximum atomic E-state index is 11.4. The Morgan fingerprint density at radius 2 is 2.36 bits per heavy atom. The Bertz CT molecular complexity index is 304. The molecule has 1 aromatic rings. The largest absolute Gasteiger partial charge is 0.308 e. The van der Waals surface area contributed by atoms with Crippen LogP contribution in [0.1, 0.15) is 19.4 Å². The quantitative estimate of drug-likeness (QED) is 0.745. The summed E-state index contributed by atoms with van der Waals surface area (Å²) in [5.41, 5.74) is 0.975. The highest BCUT2D eigenvalue weighted by Gasteiger charge is 2.05. The van der Waals surface area contributed by atoms with Gasteiger partial charge in [-0.3, -0.25) is 9.48 Å². The van der Waals surface area contributed by atoms with Gasteiger partial charge in [0.2, 0.25) is 0 Å². The van der Waals surface area contributed by atoms with Crippen molar-refractivity contribution in [3.05, 3.63) is 18.0 Å². The molecule has 0 aromatic carbocycles. The van der Waals surface area contributed by atoms with E-state index in [2.05, 4.69) is 10.4 Å². The van der Waals surface area contributed by atoms with Gasteiger partial charge in [0.15, 0.2) is 5.78 Å². The fourth-order valence-corrected chi connectivity index (χ4v) is 1.17. The molecule has 0 unspecified atom stereocenters. The van der Waals surface area contributed by atoms with E-state index in [1.165, 1.54) is 0 Å². The van der Waals surface area contributed by atoms with Gasteiger partial charge in [-0.05, 0) is 5.56 Å². The van der Waals surface area contributed by atoms with Gasteiger partial charge in [0.25, 0.3) is 0 Å². The molecule has 0 bridgehead atoms. The van der Waals surface area contributed by atoms with Crippen molar-refractivity contribution in [3.63, 3.8) is 0 Å². The van der Waals surface area contributed by atoms with E-state index in [0.717, 1.165) is 5.56 Å². The first kappa shape index (κ1) is 10.9. The first-order valence-electron chi connectivity index (χ1n) is 4.80. The molecule has 0 fully saturated rings. The molecule has 1 aromatic heterocycles. The zero-order valence-corrected chi connectivity index (χ0v) is 8.95. The lowest BCUT2D eigenvalue weighted by molar-refractivity contribution is -0.117. The van der Waals surface area contributed by atoms with E-state index in [4.69, 9.17) is 0 Å². The van der Waals surface area contributed by atoms with Crippen LogP contribution in [0, 0.1) is 0 Å². The molecule has 1 rings (SSSR count). The van der Waals surface area contributed by atoms with Crippen molar-refractivity contribution in [1.29, 1.82) is 0 Å². The lowest BCUT2D eigenvalue weighted by Crippen LogP contribution is -2.29. The number of aromatic nitrogens is 2. The van der Waals surface area contributed by atoms with Crippen LogP contribution in [0.3, 0.4) is 0 Å². The van der Waals surface area contributed by atoms with Crippen LogP contribution < -0.4 is 5.32 Å². The van der Waals surface area contributed by atoms with Crippen LogP contribution >= 0.6 is 0 Å². The zero-order chi connectivity index (χ0) is 10.6. The molecule has 0 amide bonds. The summed E-state index contributed by atoms with van der Waals surface area (Å²) in [4.78, 5) is 11.4. The molecule has 4 heteroatoms. The van der Waals surface area contributed by atoms with Crippen molar-refractivity contribution in [3.8, 4) is 0 Å². The smallest absolute Gasteiger partial charge is 0.151 e. The monoisotopic (exact) mass is 195 g/mol. The summed E-state index contributed by atoms with van der Waals surface area (Å²) < 4.78 is 1.71. The van der Waals surface area contributed by atoms with Gasteiger partial charge in [0.05, 0.1) is 12.7 Å². The SMILES string of the molecule is CC(C)NCC(=O)Cc1cnn(C)c1. The van der Waals surface area contributed by atoms with E-state index in [1.807, 2.05) is 27.1 Å². The second-order valence-corrected chi connectivity index (χ2v) is 3.77. The second kappa shape index (κ2) is 4.91. The molecule has 78 valence electrons. The Morgan fingerprint density at radius 1 is 1.64 bits per heavy atom. The third-order valence-electron chi connectivity index (χ3n) is 1.87. The predicted octanol–water partition coefficient (Wildman–Crippen LogP) is 0.530. The molecule has 4 nitrogen and oxygen atoms in total. The number of Topliss-reactive ketones (excluding diaryl/α,β-unsaturated/α-hetero) is 1. The Balaban J connectivity index is 2.34. The van der Waals surface area contributed by atoms with Crippen LogP contribution in [0.5, 0.6) is 0 Å². The number of ketones is 1. The van der Waals surface area contributed by atoms with Crippen molar-refractivity contribution < 1.29 is 4.79 Å². The van der Waals surface area contributed by atoms with Crippen molar-refractivity contribution >= 4 is 5.78 Å². The van der Waals surface area contributed by atoms with Crippen LogP contribution in [-0.4, -0.2) is 28.2 Å². The maximum absolute atomic E-state index is 11.4.